The lowest BCUT2D eigenvalue weighted by atomic mass is 9.94. The van der Waals surface area contributed by atoms with Gasteiger partial charge in [-0.3, -0.25) is 9.59 Å². The van der Waals surface area contributed by atoms with Gasteiger partial charge in [-0.2, -0.15) is 0 Å². The molecule has 0 spiro atoms. The third-order valence-electron chi connectivity index (χ3n) is 4.49. The minimum absolute atomic E-state index is 0.0450. The van der Waals surface area contributed by atoms with Gasteiger partial charge in [-0.1, -0.05) is 51.1 Å². The van der Waals surface area contributed by atoms with Gasteiger partial charge in [-0.15, -0.1) is 0 Å². The van der Waals surface area contributed by atoms with Gasteiger partial charge >= 0.3 is 0 Å². The quantitative estimate of drug-likeness (QED) is 0.808. The Kier molecular flexibility index (Phi) is 4.31. The van der Waals surface area contributed by atoms with Gasteiger partial charge in [0.2, 0.25) is 5.91 Å². The molecule has 1 fully saturated rings. The Morgan fingerprint density at radius 3 is 2.04 bits per heavy atom. The first-order valence-corrected chi connectivity index (χ1v) is 8.44. The Labute approximate surface area is 143 Å². The molecule has 1 aliphatic heterocycles. The van der Waals surface area contributed by atoms with Gasteiger partial charge in [-0.05, 0) is 22.9 Å². The van der Waals surface area contributed by atoms with Crippen molar-refractivity contribution in [1.29, 1.82) is 0 Å². The molecule has 0 N–H and O–H groups in total. The first kappa shape index (κ1) is 16.5. The summed E-state index contributed by atoms with van der Waals surface area (Å²) in [4.78, 5) is 28.8. The average molecular weight is 324 g/mol. The van der Waals surface area contributed by atoms with E-state index in [1.54, 1.807) is 0 Å². The second-order valence-electron chi connectivity index (χ2n) is 7.40. The molecular weight excluding hydrogens is 300 g/mol. The highest BCUT2D eigenvalue weighted by Gasteiger charge is 2.31. The molecule has 0 aliphatic carbocycles. The summed E-state index contributed by atoms with van der Waals surface area (Å²) in [6.07, 6.45) is 0. The van der Waals surface area contributed by atoms with Crippen molar-refractivity contribution >= 4 is 22.6 Å². The Bertz CT molecular complexity index is 769. The molecule has 0 atom stereocenters. The average Bonchev–Trinajstić information content (AvgIpc) is 2.59. The van der Waals surface area contributed by atoms with Crippen molar-refractivity contribution in [2.45, 2.75) is 20.8 Å². The second kappa shape index (κ2) is 6.27. The van der Waals surface area contributed by atoms with Gasteiger partial charge in [0.05, 0.1) is 0 Å². The van der Waals surface area contributed by atoms with Crippen molar-refractivity contribution in [2.24, 2.45) is 5.41 Å². The van der Waals surface area contributed by atoms with Crippen LogP contribution in [-0.2, 0) is 4.79 Å². The number of hydrogen-bond donors (Lipinski definition) is 0. The second-order valence-corrected chi connectivity index (χ2v) is 7.40. The Morgan fingerprint density at radius 1 is 0.833 bits per heavy atom. The zero-order chi connectivity index (χ0) is 17.3. The largest absolute Gasteiger partial charge is 0.339 e. The highest BCUT2D eigenvalue weighted by molar-refractivity contribution is 5.98. The molecule has 2 amide bonds. The lowest BCUT2D eigenvalue weighted by molar-refractivity contribution is -0.140. The molecule has 0 saturated carbocycles. The molecule has 1 heterocycles. The minimum Gasteiger partial charge on any atom is -0.339 e. The Morgan fingerprint density at radius 2 is 1.42 bits per heavy atom. The number of piperazine rings is 1. The molecule has 2 aromatic rings. The summed E-state index contributed by atoms with van der Waals surface area (Å²) in [6, 6.07) is 13.9. The van der Waals surface area contributed by atoms with Crippen LogP contribution in [0, 0.1) is 5.41 Å². The van der Waals surface area contributed by atoms with E-state index in [-0.39, 0.29) is 17.2 Å². The number of nitrogens with zero attached hydrogens (tertiary/aromatic N) is 2. The molecule has 1 saturated heterocycles. The fraction of sp³-hybridized carbons (Fsp3) is 0.400. The summed E-state index contributed by atoms with van der Waals surface area (Å²) in [7, 11) is 0. The molecule has 4 nitrogen and oxygen atoms in total. The summed E-state index contributed by atoms with van der Waals surface area (Å²) in [5, 5.41) is 2.21. The summed E-state index contributed by atoms with van der Waals surface area (Å²) in [5.74, 6) is 0.198. The number of rotatable bonds is 1. The van der Waals surface area contributed by atoms with Crippen molar-refractivity contribution in [3.05, 3.63) is 48.0 Å². The number of hydrogen-bond acceptors (Lipinski definition) is 2. The van der Waals surface area contributed by atoms with Crippen molar-refractivity contribution in [3.63, 3.8) is 0 Å². The van der Waals surface area contributed by atoms with E-state index in [9.17, 15) is 9.59 Å². The molecule has 4 heteroatoms. The van der Waals surface area contributed by atoms with Gasteiger partial charge in [-0.25, -0.2) is 0 Å². The number of carbonyl (C=O) groups excluding carboxylic acids is 2. The van der Waals surface area contributed by atoms with Crippen LogP contribution in [0.1, 0.15) is 31.1 Å². The summed E-state index contributed by atoms with van der Waals surface area (Å²) < 4.78 is 0. The van der Waals surface area contributed by atoms with Gasteiger partial charge in [0.25, 0.3) is 5.91 Å². The van der Waals surface area contributed by atoms with Crippen LogP contribution in [0.25, 0.3) is 10.8 Å². The van der Waals surface area contributed by atoms with Crippen molar-refractivity contribution < 1.29 is 9.59 Å². The summed E-state index contributed by atoms with van der Waals surface area (Å²) >= 11 is 0. The normalized spacial score (nSPS) is 15.6. The maximum atomic E-state index is 12.7. The molecule has 0 unspecified atom stereocenters. The monoisotopic (exact) mass is 324 g/mol. The van der Waals surface area contributed by atoms with E-state index in [1.807, 2.05) is 73.0 Å². The molecule has 2 aromatic carbocycles. The standard InChI is InChI=1S/C20H24N2O2/c1-20(2,3)19(24)22-12-10-21(11-13-22)18(23)17-9-8-15-6-4-5-7-16(15)14-17/h4-9,14H,10-13H2,1-3H3. The zero-order valence-electron chi connectivity index (χ0n) is 14.6. The predicted octanol–water partition coefficient (Wildman–Crippen LogP) is 3.17. The summed E-state index contributed by atoms with van der Waals surface area (Å²) in [6.45, 7) is 8.19. The number of benzene rings is 2. The van der Waals surface area contributed by atoms with Gasteiger partial charge in [0, 0.05) is 37.2 Å². The fourth-order valence-corrected chi connectivity index (χ4v) is 3.09. The molecule has 3 rings (SSSR count). The van der Waals surface area contributed by atoms with Crippen molar-refractivity contribution in [2.75, 3.05) is 26.2 Å². The number of amides is 2. The predicted molar refractivity (Wildman–Crippen MR) is 95.9 cm³/mol. The van der Waals surface area contributed by atoms with Gasteiger partial charge in [0.1, 0.15) is 0 Å². The molecule has 0 bridgehead atoms. The smallest absolute Gasteiger partial charge is 0.253 e. The van der Waals surface area contributed by atoms with Crippen molar-refractivity contribution in [1.82, 2.24) is 9.80 Å². The van der Waals surface area contributed by atoms with Crippen LogP contribution in [0.2, 0.25) is 0 Å². The first-order valence-electron chi connectivity index (χ1n) is 8.44. The highest BCUT2D eigenvalue weighted by atomic mass is 16.2. The van der Waals surface area contributed by atoms with E-state index < -0.39 is 0 Å². The molecule has 0 radical (unpaired) electrons. The van der Waals surface area contributed by atoms with E-state index >= 15 is 0 Å². The third kappa shape index (κ3) is 3.28. The highest BCUT2D eigenvalue weighted by Crippen LogP contribution is 2.20. The fourth-order valence-electron chi connectivity index (χ4n) is 3.09. The molecular formula is C20H24N2O2. The molecule has 0 aromatic heterocycles. The van der Waals surface area contributed by atoms with Crippen LogP contribution in [0.5, 0.6) is 0 Å². The van der Waals surface area contributed by atoms with Crippen LogP contribution in [0.3, 0.4) is 0 Å². The van der Waals surface area contributed by atoms with Gasteiger partial charge in [0.15, 0.2) is 0 Å². The van der Waals surface area contributed by atoms with Crippen LogP contribution in [0.4, 0.5) is 0 Å². The number of fused-ring (bicyclic) bond motifs is 1. The van der Waals surface area contributed by atoms with Crippen LogP contribution in [0.15, 0.2) is 42.5 Å². The molecule has 24 heavy (non-hydrogen) atoms. The first-order chi connectivity index (χ1) is 11.4. The maximum absolute atomic E-state index is 12.7. The third-order valence-corrected chi connectivity index (χ3v) is 4.49. The molecule has 1 aliphatic rings. The molecule has 126 valence electrons. The van der Waals surface area contributed by atoms with Gasteiger partial charge < -0.3 is 9.80 Å². The topological polar surface area (TPSA) is 40.6 Å². The Hall–Kier alpha value is -2.36. The van der Waals surface area contributed by atoms with E-state index in [1.165, 1.54) is 0 Å². The van der Waals surface area contributed by atoms with E-state index in [0.717, 1.165) is 10.8 Å². The van der Waals surface area contributed by atoms with E-state index in [0.29, 0.717) is 31.7 Å². The van der Waals surface area contributed by atoms with Crippen molar-refractivity contribution in [3.8, 4) is 0 Å². The van der Waals surface area contributed by atoms with Crippen LogP contribution < -0.4 is 0 Å². The summed E-state index contributed by atoms with van der Waals surface area (Å²) in [5.41, 5.74) is 0.342. The SMILES string of the molecule is CC(C)(C)C(=O)N1CCN(C(=O)c2ccc3ccccc3c2)CC1. The lowest BCUT2D eigenvalue weighted by Crippen LogP contribution is -2.53. The lowest BCUT2D eigenvalue weighted by Gasteiger charge is -2.37. The van der Waals surface area contributed by atoms with E-state index in [2.05, 4.69) is 0 Å². The van der Waals surface area contributed by atoms with E-state index in [4.69, 9.17) is 0 Å². The number of carbonyl (C=O) groups is 2. The minimum atomic E-state index is -0.371. The Balaban J connectivity index is 1.69. The van der Waals surface area contributed by atoms with Crippen LogP contribution >= 0.6 is 0 Å². The maximum Gasteiger partial charge on any atom is 0.253 e. The van der Waals surface area contributed by atoms with Crippen LogP contribution in [-0.4, -0.2) is 47.8 Å². The zero-order valence-corrected chi connectivity index (χ0v) is 14.6.